The summed E-state index contributed by atoms with van der Waals surface area (Å²) < 4.78 is 5.74. The number of benzene rings is 2. The average molecular weight is 347 g/mol. The quantitative estimate of drug-likeness (QED) is 0.734. The molecule has 0 saturated heterocycles. The first-order valence-electron chi connectivity index (χ1n) is 8.67. The minimum absolute atomic E-state index is 0.159. The monoisotopic (exact) mass is 347 g/mol. The number of hydrogen-bond acceptors (Lipinski definition) is 4. The maximum atomic E-state index is 13.2. The summed E-state index contributed by atoms with van der Waals surface area (Å²) in [6.45, 7) is 2.73. The van der Waals surface area contributed by atoms with Gasteiger partial charge in [-0.1, -0.05) is 18.2 Å². The van der Waals surface area contributed by atoms with E-state index in [2.05, 4.69) is 9.88 Å². The van der Waals surface area contributed by atoms with E-state index in [1.807, 2.05) is 30.3 Å². The van der Waals surface area contributed by atoms with Crippen LogP contribution in [0.4, 0.5) is 11.4 Å². The van der Waals surface area contributed by atoms with Gasteiger partial charge in [-0.3, -0.25) is 9.59 Å². The number of rotatable bonds is 1. The third-order valence-electron chi connectivity index (χ3n) is 5.06. The van der Waals surface area contributed by atoms with Crippen molar-refractivity contribution in [3.05, 3.63) is 64.4 Å². The predicted molar refractivity (Wildman–Crippen MR) is 100 cm³/mol. The van der Waals surface area contributed by atoms with Gasteiger partial charge < -0.3 is 19.5 Å². The van der Waals surface area contributed by atoms with E-state index in [0.29, 0.717) is 18.5 Å². The van der Waals surface area contributed by atoms with E-state index in [9.17, 15) is 9.59 Å². The lowest BCUT2D eigenvalue weighted by molar-refractivity contribution is 0.0985. The van der Waals surface area contributed by atoms with E-state index in [1.165, 1.54) is 6.20 Å². The highest BCUT2D eigenvalue weighted by Gasteiger charge is 2.32. The maximum Gasteiger partial charge on any atom is 0.263 e. The minimum Gasteiger partial charge on any atom is -0.489 e. The van der Waals surface area contributed by atoms with Gasteiger partial charge in [0.05, 0.1) is 12.2 Å². The van der Waals surface area contributed by atoms with Gasteiger partial charge >= 0.3 is 0 Å². The summed E-state index contributed by atoms with van der Waals surface area (Å²) in [6.07, 6.45) is 1.52. The highest BCUT2D eigenvalue weighted by atomic mass is 16.5. The fourth-order valence-electron chi connectivity index (χ4n) is 3.79. The van der Waals surface area contributed by atoms with Crippen molar-refractivity contribution in [1.29, 1.82) is 0 Å². The Morgan fingerprint density at radius 3 is 2.85 bits per heavy atom. The lowest BCUT2D eigenvalue weighted by Gasteiger charge is -2.40. The molecule has 1 amide bonds. The van der Waals surface area contributed by atoms with E-state index in [-0.39, 0.29) is 16.9 Å². The molecule has 1 aromatic heterocycles. The first-order valence-corrected chi connectivity index (χ1v) is 8.67. The first-order chi connectivity index (χ1) is 12.7. The number of nitrogens with zero attached hydrogens (tertiary/aromatic N) is 2. The molecule has 26 heavy (non-hydrogen) atoms. The van der Waals surface area contributed by atoms with Crippen molar-refractivity contribution in [2.24, 2.45) is 0 Å². The molecule has 2 aliphatic heterocycles. The fraction of sp³-hybridized carbons (Fsp3) is 0.200. The Morgan fingerprint density at radius 2 is 1.92 bits per heavy atom. The smallest absolute Gasteiger partial charge is 0.263 e. The largest absolute Gasteiger partial charge is 0.489 e. The minimum atomic E-state index is -0.282. The van der Waals surface area contributed by atoms with Crippen LogP contribution in [-0.4, -0.2) is 37.1 Å². The van der Waals surface area contributed by atoms with Crippen molar-refractivity contribution in [2.75, 3.05) is 36.0 Å². The van der Waals surface area contributed by atoms with Crippen LogP contribution in [0.3, 0.4) is 0 Å². The molecule has 1 N–H and O–H groups in total. The summed E-state index contributed by atoms with van der Waals surface area (Å²) >= 11 is 0. The molecule has 0 atom stereocenters. The number of H-pyrrole nitrogens is 1. The SMILES string of the molecule is O=C(c1c[nH]c2ccccc2c1=O)N1CCN2CCOc3cccc1c32. The number of ether oxygens (including phenoxy) is 1. The van der Waals surface area contributed by atoms with E-state index in [1.54, 1.807) is 17.0 Å². The van der Waals surface area contributed by atoms with E-state index >= 15 is 0 Å². The molecule has 6 heteroatoms. The molecule has 3 aromatic rings. The molecule has 5 rings (SSSR count). The molecule has 0 unspecified atom stereocenters. The van der Waals surface area contributed by atoms with Crippen molar-refractivity contribution >= 4 is 28.2 Å². The number of nitrogens with one attached hydrogen (secondary N) is 1. The van der Waals surface area contributed by atoms with Crippen LogP contribution in [0.1, 0.15) is 10.4 Å². The summed E-state index contributed by atoms with van der Waals surface area (Å²) in [5.74, 6) is 0.509. The standard InChI is InChI=1S/C20H17N3O3/c24-19-13-4-1-2-5-15(13)21-12-14(19)20(25)23-9-8-22-10-11-26-17-7-3-6-16(23)18(17)22/h1-7,12H,8-11H2,(H,21,24). The van der Waals surface area contributed by atoms with Crippen molar-refractivity contribution in [3.8, 4) is 5.75 Å². The second-order valence-corrected chi connectivity index (χ2v) is 6.49. The average Bonchev–Trinajstić information content (AvgIpc) is 2.69. The topological polar surface area (TPSA) is 65.6 Å². The number of carbonyl (C=O) groups is 1. The third-order valence-corrected chi connectivity index (χ3v) is 5.06. The molecule has 6 nitrogen and oxygen atoms in total. The highest BCUT2D eigenvalue weighted by Crippen LogP contribution is 2.42. The van der Waals surface area contributed by atoms with Crippen LogP contribution in [0, 0.1) is 0 Å². The van der Waals surface area contributed by atoms with Gasteiger partial charge in [-0.05, 0) is 24.3 Å². The van der Waals surface area contributed by atoms with Crippen molar-refractivity contribution in [2.45, 2.75) is 0 Å². The van der Waals surface area contributed by atoms with Crippen LogP contribution in [0.15, 0.2) is 53.5 Å². The summed E-state index contributed by atoms with van der Waals surface area (Å²) in [5, 5.41) is 0.524. The zero-order chi connectivity index (χ0) is 17.7. The number of aromatic amines is 1. The Kier molecular flexibility index (Phi) is 3.25. The Balaban J connectivity index is 1.62. The molecule has 0 aliphatic carbocycles. The highest BCUT2D eigenvalue weighted by molar-refractivity contribution is 6.10. The van der Waals surface area contributed by atoms with Gasteiger partial charge in [-0.2, -0.15) is 0 Å². The summed E-state index contributed by atoms with van der Waals surface area (Å²) in [5.41, 5.74) is 2.38. The summed E-state index contributed by atoms with van der Waals surface area (Å²) in [4.78, 5) is 33.0. The van der Waals surface area contributed by atoms with Crippen LogP contribution < -0.4 is 20.0 Å². The molecule has 2 aliphatic rings. The number of carbonyl (C=O) groups excluding carboxylic acids is 1. The molecule has 2 aromatic carbocycles. The molecule has 0 saturated carbocycles. The Labute approximate surface area is 149 Å². The summed E-state index contributed by atoms with van der Waals surface area (Å²) in [6, 6.07) is 12.9. The molecular weight excluding hydrogens is 330 g/mol. The molecule has 130 valence electrons. The molecule has 0 bridgehead atoms. The number of aromatic nitrogens is 1. The maximum absolute atomic E-state index is 13.2. The lowest BCUT2D eigenvalue weighted by atomic mass is 10.1. The van der Waals surface area contributed by atoms with Crippen LogP contribution >= 0.6 is 0 Å². The van der Waals surface area contributed by atoms with Crippen LogP contribution in [0.5, 0.6) is 5.75 Å². The molecule has 0 spiro atoms. The van der Waals surface area contributed by atoms with Gasteiger partial charge in [0.25, 0.3) is 5.91 Å². The first kappa shape index (κ1) is 15.0. The Bertz CT molecular complexity index is 1090. The molecule has 0 fully saturated rings. The zero-order valence-corrected chi connectivity index (χ0v) is 14.1. The van der Waals surface area contributed by atoms with Gasteiger partial charge in [0, 0.05) is 30.2 Å². The number of amides is 1. The van der Waals surface area contributed by atoms with Crippen LogP contribution in [0.25, 0.3) is 10.9 Å². The number of pyridine rings is 1. The van der Waals surface area contributed by atoms with E-state index in [0.717, 1.165) is 35.7 Å². The van der Waals surface area contributed by atoms with Gasteiger partial charge in [0.15, 0.2) is 0 Å². The second-order valence-electron chi connectivity index (χ2n) is 6.49. The van der Waals surface area contributed by atoms with Crippen LogP contribution in [0.2, 0.25) is 0 Å². The summed E-state index contributed by atoms with van der Waals surface area (Å²) in [7, 11) is 0. The van der Waals surface area contributed by atoms with E-state index < -0.39 is 0 Å². The predicted octanol–water partition coefficient (Wildman–Crippen LogP) is 2.39. The van der Waals surface area contributed by atoms with Crippen molar-refractivity contribution < 1.29 is 9.53 Å². The Hall–Kier alpha value is -3.28. The van der Waals surface area contributed by atoms with E-state index in [4.69, 9.17) is 4.74 Å². The molecule has 3 heterocycles. The number of fused-ring (bicyclic) bond motifs is 1. The molecular formula is C20H17N3O3. The molecule has 0 radical (unpaired) electrons. The number of hydrogen-bond donors (Lipinski definition) is 1. The Morgan fingerprint density at radius 1 is 1.04 bits per heavy atom. The third kappa shape index (κ3) is 2.12. The van der Waals surface area contributed by atoms with Gasteiger partial charge in [-0.25, -0.2) is 0 Å². The lowest BCUT2D eigenvalue weighted by Crippen LogP contribution is -2.47. The zero-order valence-electron chi connectivity index (χ0n) is 14.1. The van der Waals surface area contributed by atoms with Gasteiger partial charge in [0.1, 0.15) is 23.6 Å². The normalized spacial score (nSPS) is 15.5. The van der Waals surface area contributed by atoms with Gasteiger partial charge in [-0.15, -0.1) is 0 Å². The number of para-hydroxylation sites is 2. The van der Waals surface area contributed by atoms with Gasteiger partial charge in [0.2, 0.25) is 5.43 Å². The fourth-order valence-corrected chi connectivity index (χ4v) is 3.79. The number of anilines is 2. The van der Waals surface area contributed by atoms with Crippen molar-refractivity contribution in [1.82, 2.24) is 4.98 Å². The van der Waals surface area contributed by atoms with Crippen molar-refractivity contribution in [3.63, 3.8) is 0 Å². The second kappa shape index (κ2) is 5.62. The van der Waals surface area contributed by atoms with Crippen LogP contribution in [-0.2, 0) is 0 Å².